The topological polar surface area (TPSA) is 154 Å². The first kappa shape index (κ1) is 29.3. The Morgan fingerprint density at radius 3 is 2.59 bits per heavy atom. The van der Waals surface area contributed by atoms with Crippen LogP contribution in [0, 0.1) is 5.82 Å². The van der Waals surface area contributed by atoms with Crippen molar-refractivity contribution >= 4 is 22.4 Å². The Bertz CT molecular complexity index is 1670. The normalized spacial score (nSPS) is 12.6. The van der Waals surface area contributed by atoms with Crippen molar-refractivity contribution in [1.82, 2.24) is 29.7 Å². The van der Waals surface area contributed by atoms with Gasteiger partial charge in [0.2, 0.25) is 0 Å². The molecule has 1 aromatic carbocycles. The van der Waals surface area contributed by atoms with E-state index in [9.17, 15) is 35.9 Å². The molecule has 4 N–H and O–H groups in total. The summed E-state index contributed by atoms with van der Waals surface area (Å²) in [5.41, 5.74) is 1.75. The highest BCUT2D eigenvalue weighted by Crippen LogP contribution is 2.32. The highest BCUT2D eigenvalue weighted by Gasteiger charge is 2.37. The Morgan fingerprint density at radius 1 is 1.17 bits per heavy atom. The zero-order chi connectivity index (χ0) is 29.9. The molecule has 41 heavy (non-hydrogen) atoms. The average molecular weight is 584 g/mol. The van der Waals surface area contributed by atoms with Gasteiger partial charge in [-0.3, -0.25) is 14.2 Å². The van der Waals surface area contributed by atoms with Crippen molar-refractivity contribution in [3.8, 4) is 17.1 Å². The Hall–Kier alpha value is -4.70. The van der Waals surface area contributed by atoms with E-state index in [2.05, 4.69) is 30.1 Å². The first-order valence-corrected chi connectivity index (χ1v) is 12.1. The fourth-order valence-electron chi connectivity index (χ4n) is 4.11. The van der Waals surface area contributed by atoms with Crippen LogP contribution < -0.4 is 26.9 Å². The van der Waals surface area contributed by atoms with Crippen LogP contribution in [0.2, 0.25) is 0 Å². The van der Waals surface area contributed by atoms with Crippen LogP contribution in [0.25, 0.3) is 22.3 Å². The van der Waals surface area contributed by atoms with E-state index in [1.807, 2.05) is 0 Å². The number of fused-ring (bicyclic) bond motifs is 1. The summed E-state index contributed by atoms with van der Waals surface area (Å²) >= 11 is 0. The summed E-state index contributed by atoms with van der Waals surface area (Å²) in [4.78, 5) is 36.5. The molecule has 0 unspecified atom stereocenters. The highest BCUT2D eigenvalue weighted by atomic mass is 19.4. The molecule has 0 aliphatic rings. The molecule has 0 aliphatic carbocycles. The molecule has 4 rings (SSSR count). The maximum Gasteiger partial charge on any atom is 0.423 e. The molecule has 0 spiro atoms. The Morgan fingerprint density at radius 2 is 1.93 bits per heavy atom. The molecule has 0 saturated heterocycles. The lowest BCUT2D eigenvalue weighted by atomic mass is 10.1. The first-order valence-electron chi connectivity index (χ1n) is 12.1. The summed E-state index contributed by atoms with van der Waals surface area (Å²) in [5, 5.41) is 7.84. The molecular weight excluding hydrogens is 562 g/mol. The molecule has 1 atom stereocenters. The van der Waals surface area contributed by atoms with E-state index in [0.29, 0.717) is 19.3 Å². The summed E-state index contributed by atoms with van der Waals surface area (Å²) in [6.45, 7) is -1.30. The number of hydrogen-bond acceptors (Lipinski definition) is 9. The SMILES string of the molecule is CC[C@@H](CCCn1cnc2cc(-c3ncc(OC(F)F)c(N)n3)c(F)cc2c1=O)Nc1cn[nH]c(=O)c1C(F)(F)F. The van der Waals surface area contributed by atoms with Gasteiger partial charge in [0.25, 0.3) is 11.1 Å². The number of H-pyrrole nitrogens is 1. The molecular formula is C24H22F6N8O3. The number of anilines is 2. The van der Waals surface area contributed by atoms with Crippen molar-refractivity contribution in [2.75, 3.05) is 11.1 Å². The molecule has 218 valence electrons. The number of hydrogen-bond donors (Lipinski definition) is 3. The van der Waals surface area contributed by atoms with Crippen LogP contribution in [0.1, 0.15) is 31.7 Å². The van der Waals surface area contributed by atoms with Crippen molar-refractivity contribution in [1.29, 1.82) is 0 Å². The summed E-state index contributed by atoms with van der Waals surface area (Å²) in [6, 6.07) is 1.67. The first-order chi connectivity index (χ1) is 19.4. The van der Waals surface area contributed by atoms with Crippen LogP contribution in [0.15, 0.2) is 40.4 Å². The minimum absolute atomic E-state index is 0.0612. The van der Waals surface area contributed by atoms with Crippen molar-refractivity contribution in [3.63, 3.8) is 0 Å². The van der Waals surface area contributed by atoms with E-state index >= 15 is 0 Å². The van der Waals surface area contributed by atoms with Crippen molar-refractivity contribution < 1.29 is 31.1 Å². The fourth-order valence-corrected chi connectivity index (χ4v) is 4.11. The molecule has 0 radical (unpaired) electrons. The standard InChI is InChI=1S/C24H22F6N8O3/c1-2-11(35-16-8-34-37-21(39)18(16)24(28,29)30)4-3-5-38-10-33-15-7-12(14(25)6-13(15)22(38)40)20-32-9-17(19(31)36-20)41-23(26)27/h6-11,23H,2-5H2,1H3,(H2,31,32,36)(H2,35,37,39)/t11-/m0/s1. The maximum atomic E-state index is 14.9. The molecule has 11 nitrogen and oxygen atoms in total. The van der Waals surface area contributed by atoms with Gasteiger partial charge in [0.05, 0.1) is 40.9 Å². The van der Waals surface area contributed by atoms with Crippen molar-refractivity contribution in [2.45, 2.75) is 51.6 Å². The predicted octanol–water partition coefficient (Wildman–Crippen LogP) is 3.95. The number of ether oxygens (including phenoxy) is 1. The van der Waals surface area contributed by atoms with Gasteiger partial charge in [0, 0.05) is 12.6 Å². The minimum atomic E-state index is -4.89. The molecule has 0 amide bonds. The number of nitrogens with zero attached hydrogens (tertiary/aromatic N) is 5. The summed E-state index contributed by atoms with van der Waals surface area (Å²) in [6.07, 6.45) is -0.838. The lowest BCUT2D eigenvalue weighted by Gasteiger charge is -2.20. The van der Waals surface area contributed by atoms with Gasteiger partial charge in [-0.2, -0.15) is 27.1 Å². The number of alkyl halides is 5. The number of rotatable bonds is 10. The number of aromatic amines is 1. The zero-order valence-corrected chi connectivity index (χ0v) is 21.2. The van der Waals surface area contributed by atoms with Crippen LogP contribution in [0.4, 0.5) is 37.8 Å². The quantitative estimate of drug-likeness (QED) is 0.235. The number of nitrogens with two attached hydrogens (primary N) is 1. The zero-order valence-electron chi connectivity index (χ0n) is 21.2. The molecule has 0 fully saturated rings. The van der Waals surface area contributed by atoms with E-state index in [1.165, 1.54) is 17.0 Å². The van der Waals surface area contributed by atoms with Gasteiger partial charge in [0.15, 0.2) is 17.4 Å². The molecule has 0 bridgehead atoms. The van der Waals surface area contributed by atoms with Crippen LogP contribution >= 0.6 is 0 Å². The summed E-state index contributed by atoms with van der Waals surface area (Å²) in [7, 11) is 0. The lowest BCUT2D eigenvalue weighted by molar-refractivity contribution is -0.138. The average Bonchev–Trinajstić information content (AvgIpc) is 2.89. The molecule has 3 heterocycles. The van der Waals surface area contributed by atoms with E-state index in [0.717, 1.165) is 18.5 Å². The second-order valence-electron chi connectivity index (χ2n) is 8.79. The third-order valence-corrected chi connectivity index (χ3v) is 6.10. The fraction of sp³-hybridized carbons (Fsp3) is 0.333. The third kappa shape index (κ3) is 6.55. The second kappa shape index (κ2) is 11.8. The van der Waals surface area contributed by atoms with Gasteiger partial charge in [-0.15, -0.1) is 0 Å². The Balaban J connectivity index is 1.50. The number of nitrogen functional groups attached to an aromatic ring is 1. The van der Waals surface area contributed by atoms with Gasteiger partial charge < -0.3 is 15.8 Å². The van der Waals surface area contributed by atoms with E-state index in [1.54, 1.807) is 12.0 Å². The summed E-state index contributed by atoms with van der Waals surface area (Å²) < 4.78 is 85.2. The molecule has 0 aliphatic heterocycles. The number of benzene rings is 1. The minimum Gasteiger partial charge on any atom is -0.429 e. The predicted molar refractivity (Wildman–Crippen MR) is 135 cm³/mol. The van der Waals surface area contributed by atoms with Gasteiger partial charge >= 0.3 is 12.8 Å². The number of nitrogens with one attached hydrogen (secondary N) is 2. The Labute approximate surface area is 226 Å². The smallest absolute Gasteiger partial charge is 0.423 e. The largest absolute Gasteiger partial charge is 0.429 e. The van der Waals surface area contributed by atoms with Crippen LogP contribution in [-0.4, -0.2) is 42.4 Å². The number of aromatic nitrogens is 6. The number of halogens is 6. The van der Waals surface area contributed by atoms with E-state index in [4.69, 9.17) is 5.73 Å². The van der Waals surface area contributed by atoms with Gasteiger partial charge in [0.1, 0.15) is 11.4 Å². The van der Waals surface area contributed by atoms with Crippen molar-refractivity contribution in [3.05, 3.63) is 62.9 Å². The lowest BCUT2D eigenvalue weighted by Crippen LogP contribution is -2.28. The van der Waals surface area contributed by atoms with Crippen LogP contribution in [-0.2, 0) is 12.7 Å². The Kier molecular flexibility index (Phi) is 8.44. The van der Waals surface area contributed by atoms with E-state index < -0.39 is 58.6 Å². The van der Waals surface area contributed by atoms with Crippen LogP contribution in [0.5, 0.6) is 5.75 Å². The molecule has 0 saturated carbocycles. The third-order valence-electron chi connectivity index (χ3n) is 6.10. The van der Waals surface area contributed by atoms with Gasteiger partial charge in [-0.1, -0.05) is 6.92 Å². The van der Waals surface area contributed by atoms with Gasteiger partial charge in [-0.05, 0) is 31.4 Å². The van der Waals surface area contributed by atoms with Crippen molar-refractivity contribution in [2.24, 2.45) is 0 Å². The molecule has 17 heteroatoms. The van der Waals surface area contributed by atoms with E-state index in [-0.39, 0.29) is 28.8 Å². The second-order valence-corrected chi connectivity index (χ2v) is 8.79. The molecule has 3 aromatic heterocycles. The monoisotopic (exact) mass is 584 g/mol. The summed E-state index contributed by atoms with van der Waals surface area (Å²) in [5.74, 6) is -2.06. The van der Waals surface area contributed by atoms with Crippen LogP contribution in [0.3, 0.4) is 0 Å². The highest BCUT2D eigenvalue weighted by molar-refractivity contribution is 5.82. The number of aryl methyl sites for hydroxylation is 1. The molecule has 4 aromatic rings. The van der Waals surface area contributed by atoms with Gasteiger partial charge in [-0.25, -0.2) is 24.4 Å². The maximum absolute atomic E-state index is 14.9.